The summed E-state index contributed by atoms with van der Waals surface area (Å²) in [5, 5.41) is 3.45. The van der Waals surface area contributed by atoms with Gasteiger partial charge >= 0.3 is 5.97 Å². The molecule has 0 radical (unpaired) electrons. The molecule has 2 heterocycles. The summed E-state index contributed by atoms with van der Waals surface area (Å²) in [6.45, 7) is 6.46. The Hall–Kier alpha value is -1.96. The molecule has 3 atom stereocenters. The zero-order valence-corrected chi connectivity index (χ0v) is 15.8. The molecule has 2 unspecified atom stereocenters. The van der Waals surface area contributed by atoms with Crippen molar-refractivity contribution in [2.75, 3.05) is 6.54 Å². The molecule has 0 aliphatic carbocycles. The molecule has 2 rings (SSSR count). The van der Waals surface area contributed by atoms with Crippen LogP contribution in [-0.2, 0) is 24.0 Å². The summed E-state index contributed by atoms with van der Waals surface area (Å²) in [6, 6.07) is 0.589. The van der Waals surface area contributed by atoms with E-state index in [2.05, 4.69) is 24.1 Å². The SMILES string of the molecule is CC1CCCC(C)N1CC(=O)N[C@H](C)CCC(=O)ON1C(=O)CCC1=O. The maximum Gasteiger partial charge on any atom is 0.333 e. The Bertz CT molecular complexity index is 539. The van der Waals surface area contributed by atoms with E-state index in [1.807, 2.05) is 6.92 Å². The van der Waals surface area contributed by atoms with E-state index >= 15 is 0 Å². The maximum absolute atomic E-state index is 12.3. The molecule has 2 fully saturated rings. The van der Waals surface area contributed by atoms with Gasteiger partial charge < -0.3 is 10.2 Å². The minimum Gasteiger partial charge on any atom is -0.353 e. The molecule has 0 aromatic carbocycles. The Morgan fingerprint density at radius 1 is 1.15 bits per heavy atom. The first kappa shape index (κ1) is 20.4. The van der Waals surface area contributed by atoms with Crippen molar-refractivity contribution >= 4 is 23.7 Å². The van der Waals surface area contributed by atoms with Crippen LogP contribution in [0.2, 0.25) is 0 Å². The first-order valence-electron chi connectivity index (χ1n) is 9.39. The standard InChI is InChI=1S/C18H29N3O5/c1-12(7-10-18(25)26-21-16(23)8-9-17(21)24)19-15(22)11-20-13(2)5-4-6-14(20)3/h12-14H,4-11H2,1-3H3,(H,19,22)/t12-,13?,14?/m1/s1. The lowest BCUT2D eigenvalue weighted by molar-refractivity contribution is -0.197. The van der Waals surface area contributed by atoms with Gasteiger partial charge in [-0.05, 0) is 40.0 Å². The monoisotopic (exact) mass is 367 g/mol. The van der Waals surface area contributed by atoms with Crippen LogP contribution in [0.1, 0.15) is 65.7 Å². The van der Waals surface area contributed by atoms with E-state index < -0.39 is 17.8 Å². The summed E-state index contributed by atoms with van der Waals surface area (Å²) in [4.78, 5) is 53.9. The molecule has 2 aliphatic heterocycles. The van der Waals surface area contributed by atoms with Gasteiger partial charge in [0, 0.05) is 37.4 Å². The summed E-state index contributed by atoms with van der Waals surface area (Å²) in [6.07, 6.45) is 3.96. The van der Waals surface area contributed by atoms with Gasteiger partial charge in [-0.15, -0.1) is 5.06 Å². The fourth-order valence-electron chi connectivity index (χ4n) is 3.48. The van der Waals surface area contributed by atoms with E-state index in [-0.39, 0.29) is 31.2 Å². The Labute approximate surface area is 154 Å². The second-order valence-corrected chi connectivity index (χ2v) is 7.35. The van der Waals surface area contributed by atoms with Crippen molar-refractivity contribution in [3.05, 3.63) is 0 Å². The molecule has 8 heteroatoms. The number of piperidine rings is 1. The Kier molecular flexibility index (Phi) is 7.14. The summed E-state index contributed by atoms with van der Waals surface area (Å²) in [7, 11) is 0. The van der Waals surface area contributed by atoms with Crippen LogP contribution in [-0.4, -0.2) is 58.3 Å². The van der Waals surface area contributed by atoms with Crippen LogP contribution < -0.4 is 5.32 Å². The van der Waals surface area contributed by atoms with Crippen LogP contribution in [0.5, 0.6) is 0 Å². The van der Waals surface area contributed by atoms with Gasteiger partial charge in [-0.25, -0.2) is 4.79 Å². The largest absolute Gasteiger partial charge is 0.353 e. The Balaban J connectivity index is 1.70. The average Bonchev–Trinajstić information content (AvgIpc) is 2.88. The van der Waals surface area contributed by atoms with Gasteiger partial charge in [-0.2, -0.15) is 0 Å². The van der Waals surface area contributed by atoms with Crippen LogP contribution in [0.25, 0.3) is 0 Å². The second kappa shape index (κ2) is 9.12. The number of carbonyl (C=O) groups excluding carboxylic acids is 4. The van der Waals surface area contributed by atoms with E-state index in [9.17, 15) is 19.2 Å². The normalized spacial score (nSPS) is 25.3. The van der Waals surface area contributed by atoms with Crippen molar-refractivity contribution in [3.8, 4) is 0 Å². The molecule has 0 aromatic rings. The highest BCUT2D eigenvalue weighted by atomic mass is 16.7. The molecule has 2 saturated heterocycles. The predicted octanol–water partition coefficient (Wildman–Crippen LogP) is 1.14. The van der Waals surface area contributed by atoms with E-state index in [1.165, 1.54) is 6.42 Å². The minimum atomic E-state index is -0.645. The van der Waals surface area contributed by atoms with Crippen molar-refractivity contribution in [1.29, 1.82) is 0 Å². The topological polar surface area (TPSA) is 96.0 Å². The predicted molar refractivity (Wildman–Crippen MR) is 93.5 cm³/mol. The van der Waals surface area contributed by atoms with Gasteiger partial charge in [0.2, 0.25) is 5.91 Å². The smallest absolute Gasteiger partial charge is 0.333 e. The number of nitrogens with one attached hydrogen (secondary N) is 1. The molecule has 0 spiro atoms. The van der Waals surface area contributed by atoms with E-state index in [4.69, 9.17) is 4.84 Å². The number of nitrogens with zero attached hydrogens (tertiary/aromatic N) is 2. The number of hydrogen-bond acceptors (Lipinski definition) is 6. The highest BCUT2D eigenvalue weighted by Crippen LogP contribution is 2.21. The third kappa shape index (κ3) is 5.52. The summed E-state index contributed by atoms with van der Waals surface area (Å²) in [5.41, 5.74) is 0. The van der Waals surface area contributed by atoms with Gasteiger partial charge in [0.1, 0.15) is 0 Å². The molecule has 0 bridgehead atoms. The zero-order chi connectivity index (χ0) is 19.3. The first-order valence-corrected chi connectivity index (χ1v) is 9.39. The van der Waals surface area contributed by atoms with Crippen molar-refractivity contribution in [2.24, 2.45) is 0 Å². The number of rotatable bonds is 7. The third-order valence-corrected chi connectivity index (χ3v) is 5.09. The van der Waals surface area contributed by atoms with Crippen LogP contribution in [0.15, 0.2) is 0 Å². The molecule has 0 aromatic heterocycles. The van der Waals surface area contributed by atoms with Gasteiger partial charge in [0.25, 0.3) is 11.8 Å². The minimum absolute atomic E-state index is 0.0228. The molecular formula is C18H29N3O5. The first-order chi connectivity index (χ1) is 12.3. The number of hydrogen-bond donors (Lipinski definition) is 1. The quantitative estimate of drug-likeness (QED) is 0.678. The van der Waals surface area contributed by atoms with Crippen molar-refractivity contribution in [2.45, 2.75) is 83.8 Å². The number of carbonyl (C=O) groups is 4. The van der Waals surface area contributed by atoms with Gasteiger partial charge in [0.15, 0.2) is 0 Å². The lowest BCUT2D eigenvalue weighted by Crippen LogP contribution is -2.49. The summed E-state index contributed by atoms with van der Waals surface area (Å²) < 4.78 is 0. The molecule has 26 heavy (non-hydrogen) atoms. The highest BCUT2D eigenvalue weighted by Gasteiger charge is 2.33. The summed E-state index contributed by atoms with van der Waals surface area (Å²) >= 11 is 0. The number of likely N-dealkylation sites (tertiary alicyclic amines) is 1. The summed E-state index contributed by atoms with van der Waals surface area (Å²) in [5.74, 6) is -1.69. The van der Waals surface area contributed by atoms with Gasteiger partial charge in [0.05, 0.1) is 6.54 Å². The number of hydroxylamine groups is 2. The Morgan fingerprint density at radius 2 is 1.73 bits per heavy atom. The van der Waals surface area contributed by atoms with Gasteiger partial charge in [-0.3, -0.25) is 19.3 Å². The highest BCUT2D eigenvalue weighted by molar-refractivity contribution is 6.01. The molecule has 2 aliphatic rings. The van der Waals surface area contributed by atoms with E-state index in [1.54, 1.807) is 0 Å². The van der Waals surface area contributed by atoms with E-state index in [0.29, 0.717) is 30.1 Å². The maximum atomic E-state index is 12.3. The van der Waals surface area contributed by atoms with Crippen LogP contribution in [0, 0.1) is 0 Å². The second-order valence-electron chi connectivity index (χ2n) is 7.35. The molecule has 8 nitrogen and oxygen atoms in total. The fraction of sp³-hybridized carbons (Fsp3) is 0.778. The van der Waals surface area contributed by atoms with Crippen LogP contribution in [0.4, 0.5) is 0 Å². The lowest BCUT2D eigenvalue weighted by atomic mass is 9.97. The lowest BCUT2D eigenvalue weighted by Gasteiger charge is -2.38. The Morgan fingerprint density at radius 3 is 2.31 bits per heavy atom. The van der Waals surface area contributed by atoms with Gasteiger partial charge in [-0.1, -0.05) is 6.42 Å². The van der Waals surface area contributed by atoms with E-state index in [0.717, 1.165) is 12.8 Å². The average molecular weight is 367 g/mol. The molecule has 146 valence electrons. The fourth-order valence-corrected chi connectivity index (χ4v) is 3.48. The van der Waals surface area contributed by atoms with Crippen LogP contribution in [0.3, 0.4) is 0 Å². The van der Waals surface area contributed by atoms with Crippen molar-refractivity contribution < 1.29 is 24.0 Å². The molecule has 0 saturated carbocycles. The number of imide groups is 1. The van der Waals surface area contributed by atoms with Crippen LogP contribution >= 0.6 is 0 Å². The third-order valence-electron chi connectivity index (χ3n) is 5.09. The molecule has 3 amide bonds. The van der Waals surface area contributed by atoms with Crippen molar-refractivity contribution in [3.63, 3.8) is 0 Å². The molecule has 1 N–H and O–H groups in total. The number of amides is 3. The van der Waals surface area contributed by atoms with Crippen molar-refractivity contribution in [1.82, 2.24) is 15.3 Å². The molecular weight excluding hydrogens is 338 g/mol. The zero-order valence-electron chi connectivity index (χ0n) is 15.8.